The third kappa shape index (κ3) is 4.06. The first kappa shape index (κ1) is 24.5. The topological polar surface area (TPSA) is 0 Å². The highest BCUT2D eigenvalue weighted by Crippen LogP contribution is 2.50. The second-order valence-corrected chi connectivity index (χ2v) is 14.9. The maximum absolute atomic E-state index is 2.48. The summed E-state index contributed by atoms with van der Waals surface area (Å²) in [6.07, 6.45) is 0. The first-order valence-electron chi connectivity index (χ1n) is 13.9. The summed E-state index contributed by atoms with van der Waals surface area (Å²) in [5.74, 6) is 0. The van der Waals surface area contributed by atoms with Crippen LogP contribution in [0.25, 0.3) is 82.1 Å². The highest BCUT2D eigenvalue weighted by Gasteiger charge is 2.21. The fraction of sp³-hybridized carbons (Fsp3) is 0. The normalized spacial score (nSPS) is 11.8. The maximum Gasteiger partial charge on any atom is 0.0362 e. The van der Waals surface area contributed by atoms with E-state index in [-0.39, 0.29) is 0 Å². The molecule has 0 amide bonds. The van der Waals surface area contributed by atoms with Crippen LogP contribution < -0.4 is 0 Å². The molecule has 0 aliphatic carbocycles. The van der Waals surface area contributed by atoms with E-state index in [9.17, 15) is 0 Å². The molecule has 5 aromatic carbocycles. The Morgan fingerprint density at radius 1 is 0.262 bits per heavy atom. The first-order chi connectivity index (χ1) is 20.8. The Morgan fingerprint density at radius 2 is 0.500 bits per heavy atom. The molecular weight excluding hydrogens is 585 g/mol. The minimum Gasteiger partial charge on any atom is -0.135 e. The molecule has 0 spiro atoms. The van der Waals surface area contributed by atoms with Crippen LogP contribution in [0.15, 0.2) is 133 Å². The lowest BCUT2D eigenvalue weighted by atomic mass is 9.94. The van der Waals surface area contributed by atoms with Crippen molar-refractivity contribution in [1.29, 1.82) is 0 Å². The van der Waals surface area contributed by atoms with Gasteiger partial charge in [0.25, 0.3) is 0 Å². The fourth-order valence-corrected chi connectivity index (χ4v) is 10.2. The molecule has 0 saturated heterocycles. The molecule has 198 valence electrons. The zero-order valence-electron chi connectivity index (χ0n) is 22.3. The van der Waals surface area contributed by atoms with E-state index >= 15 is 0 Å². The molecule has 0 N–H and O–H groups in total. The summed E-state index contributed by atoms with van der Waals surface area (Å²) < 4.78 is 5.30. The second-order valence-electron chi connectivity index (χ2n) is 10.5. The van der Waals surface area contributed by atoms with Crippen molar-refractivity contribution in [2.45, 2.75) is 0 Å². The molecule has 0 nitrogen and oxygen atoms in total. The lowest BCUT2D eigenvalue weighted by molar-refractivity contribution is 1.67. The Bertz CT molecular complexity index is 1960. The molecule has 4 heterocycles. The number of benzene rings is 5. The van der Waals surface area contributed by atoms with Crippen molar-refractivity contribution in [3.05, 3.63) is 133 Å². The van der Waals surface area contributed by atoms with E-state index in [0.29, 0.717) is 0 Å². The van der Waals surface area contributed by atoms with Crippen LogP contribution in [0.5, 0.6) is 0 Å². The molecular formula is C38H22S4. The fourth-order valence-electron chi connectivity index (χ4n) is 5.87. The maximum atomic E-state index is 2.48. The quantitative estimate of drug-likeness (QED) is 0.187. The highest BCUT2D eigenvalue weighted by molar-refractivity contribution is 7.24. The van der Waals surface area contributed by atoms with E-state index in [1.54, 1.807) is 0 Å². The second kappa shape index (κ2) is 9.75. The van der Waals surface area contributed by atoms with Crippen molar-refractivity contribution in [3.63, 3.8) is 0 Å². The van der Waals surface area contributed by atoms with Gasteiger partial charge in [0.15, 0.2) is 0 Å². The monoisotopic (exact) mass is 606 g/mol. The Hall–Kier alpha value is -4.06. The Labute approximate surface area is 259 Å². The van der Waals surface area contributed by atoms with Gasteiger partial charge in [-0.25, -0.2) is 0 Å². The van der Waals surface area contributed by atoms with Gasteiger partial charge in [-0.1, -0.05) is 72.8 Å². The number of fused-ring (bicyclic) bond motifs is 4. The molecule has 42 heavy (non-hydrogen) atoms. The number of rotatable bonds is 4. The van der Waals surface area contributed by atoms with Crippen molar-refractivity contribution in [1.82, 2.24) is 0 Å². The van der Waals surface area contributed by atoms with E-state index in [4.69, 9.17) is 0 Å². The molecule has 4 aromatic heterocycles. The highest BCUT2D eigenvalue weighted by atomic mass is 32.1. The molecule has 0 atom stereocenters. The third-order valence-electron chi connectivity index (χ3n) is 7.92. The lowest BCUT2D eigenvalue weighted by Gasteiger charge is -2.14. The largest absolute Gasteiger partial charge is 0.135 e. The van der Waals surface area contributed by atoms with Crippen molar-refractivity contribution >= 4 is 85.7 Å². The number of hydrogen-bond acceptors (Lipinski definition) is 4. The zero-order valence-corrected chi connectivity index (χ0v) is 25.6. The summed E-state index contributed by atoms with van der Waals surface area (Å²) in [5, 5.41) is 5.21. The third-order valence-corrected chi connectivity index (χ3v) is 12.5. The molecule has 0 unspecified atom stereocenters. The van der Waals surface area contributed by atoms with Crippen LogP contribution in [0.2, 0.25) is 0 Å². The van der Waals surface area contributed by atoms with Crippen molar-refractivity contribution < 1.29 is 0 Å². The van der Waals surface area contributed by atoms with Gasteiger partial charge in [0.05, 0.1) is 0 Å². The standard InChI is InChI=1S/C38H22S4/c1-5-13-31-23(9-1)17-35(39-31)27-21-29(37-19-25-11-3-7-15-33(25)41-37)30(38-20-26-12-4-8-16-34(26)42-38)22-28(27)36-18-24-10-2-6-14-32(24)40-36/h1-22H. The SMILES string of the molecule is c1ccc2sc(-c3cc(-c4cc5ccccc5s4)c(-c4cc5ccccc5s4)cc3-c3cc4ccccc4s3)cc2c1. The van der Waals surface area contributed by atoms with Gasteiger partial charge in [-0.15, -0.1) is 45.3 Å². The number of hydrogen-bond donors (Lipinski definition) is 0. The molecule has 0 aliphatic rings. The molecule has 9 rings (SSSR count). The van der Waals surface area contributed by atoms with Gasteiger partial charge in [0, 0.05) is 60.6 Å². The zero-order chi connectivity index (χ0) is 27.6. The lowest BCUT2D eigenvalue weighted by Crippen LogP contribution is -1.88. The average molecular weight is 607 g/mol. The van der Waals surface area contributed by atoms with Crippen LogP contribution in [-0.2, 0) is 0 Å². The van der Waals surface area contributed by atoms with Crippen molar-refractivity contribution in [2.75, 3.05) is 0 Å². The van der Waals surface area contributed by atoms with Gasteiger partial charge in [-0.05, 0) is 82.2 Å². The molecule has 9 aromatic rings. The van der Waals surface area contributed by atoms with Crippen LogP contribution in [0.3, 0.4) is 0 Å². The molecule has 0 radical (unpaired) electrons. The van der Waals surface area contributed by atoms with Crippen LogP contribution in [0.1, 0.15) is 0 Å². The summed E-state index contributed by atoms with van der Waals surface area (Å²) in [5.41, 5.74) is 5.22. The summed E-state index contributed by atoms with van der Waals surface area (Å²) in [7, 11) is 0. The predicted molar refractivity (Wildman–Crippen MR) is 190 cm³/mol. The smallest absolute Gasteiger partial charge is 0.0362 e. The van der Waals surface area contributed by atoms with Gasteiger partial charge in [0.2, 0.25) is 0 Å². The van der Waals surface area contributed by atoms with E-state index in [0.717, 1.165) is 0 Å². The van der Waals surface area contributed by atoms with Crippen LogP contribution in [-0.4, -0.2) is 0 Å². The van der Waals surface area contributed by atoms with Gasteiger partial charge in [-0.2, -0.15) is 0 Å². The molecule has 0 fully saturated rings. The minimum atomic E-state index is 1.30. The Kier molecular flexibility index (Phi) is 5.70. The summed E-state index contributed by atoms with van der Waals surface area (Å²) in [6.45, 7) is 0. The van der Waals surface area contributed by atoms with E-state index in [2.05, 4.69) is 133 Å². The van der Waals surface area contributed by atoms with Crippen LogP contribution >= 0.6 is 45.3 Å². The van der Waals surface area contributed by atoms with E-state index < -0.39 is 0 Å². The van der Waals surface area contributed by atoms with Crippen molar-refractivity contribution in [3.8, 4) is 41.8 Å². The first-order valence-corrected chi connectivity index (χ1v) is 17.2. The van der Waals surface area contributed by atoms with Crippen molar-refractivity contribution in [2.24, 2.45) is 0 Å². The van der Waals surface area contributed by atoms with Crippen LogP contribution in [0.4, 0.5) is 0 Å². The van der Waals surface area contributed by atoms with Gasteiger partial charge < -0.3 is 0 Å². The molecule has 4 heteroatoms. The van der Waals surface area contributed by atoms with E-state index in [1.807, 2.05) is 45.3 Å². The summed E-state index contributed by atoms with van der Waals surface area (Å²) in [4.78, 5) is 5.26. The van der Waals surface area contributed by atoms with Crippen LogP contribution in [0, 0.1) is 0 Å². The molecule has 0 saturated carbocycles. The number of thiophene rings is 4. The van der Waals surface area contributed by atoms with Gasteiger partial charge >= 0.3 is 0 Å². The molecule has 0 aliphatic heterocycles. The van der Waals surface area contributed by atoms with E-state index in [1.165, 1.54) is 82.1 Å². The Balaban J connectivity index is 1.38. The summed E-state index contributed by atoms with van der Waals surface area (Å²) in [6, 6.07) is 49.4. The van der Waals surface area contributed by atoms with Gasteiger partial charge in [-0.3, -0.25) is 0 Å². The van der Waals surface area contributed by atoms with Gasteiger partial charge in [0.1, 0.15) is 0 Å². The predicted octanol–water partition coefficient (Wildman–Crippen LogP) is 13.2. The minimum absolute atomic E-state index is 1.30. The Morgan fingerprint density at radius 3 is 0.738 bits per heavy atom. The average Bonchev–Trinajstić information content (AvgIpc) is 3.83. The summed E-state index contributed by atoms with van der Waals surface area (Å²) >= 11 is 7.56. The molecule has 0 bridgehead atoms.